The molecule has 8 nitrogen and oxygen atoms in total. The van der Waals surface area contributed by atoms with Crippen molar-refractivity contribution >= 4 is 23.5 Å². The zero-order chi connectivity index (χ0) is 20.3. The van der Waals surface area contributed by atoms with E-state index in [1.165, 1.54) is 25.3 Å². The van der Waals surface area contributed by atoms with Crippen molar-refractivity contribution in [2.75, 3.05) is 21.3 Å². The fraction of sp³-hybridized carbons (Fsp3) is 0.222. The Labute approximate surface area is 159 Å². The number of methoxy groups -OCH3 is 3. The van der Waals surface area contributed by atoms with Gasteiger partial charge in [0.15, 0.2) is 11.5 Å². The van der Waals surface area contributed by atoms with E-state index in [9.17, 15) is 19.8 Å². The van der Waals surface area contributed by atoms with Crippen LogP contribution in [0.15, 0.2) is 18.2 Å². The number of carbonyl (C=O) groups excluding carboxylic acids is 2. The number of esters is 2. The standard InChI is InChI=1S/C18H17ClO8/c1-8-5-10(20)13(18(23)26-4)11(6-8)27-16-14(19)12(24-2)7-9(15(16)21)17(22)25-3/h5-7,20-21H,1-4H3. The summed E-state index contributed by atoms with van der Waals surface area (Å²) in [4.78, 5) is 23.9. The van der Waals surface area contributed by atoms with Gasteiger partial charge >= 0.3 is 11.9 Å². The van der Waals surface area contributed by atoms with Crippen LogP contribution >= 0.6 is 11.6 Å². The van der Waals surface area contributed by atoms with Gasteiger partial charge in [0, 0.05) is 6.07 Å². The van der Waals surface area contributed by atoms with Gasteiger partial charge in [0.05, 0.1) is 21.3 Å². The lowest BCUT2D eigenvalue weighted by molar-refractivity contribution is 0.0584. The highest BCUT2D eigenvalue weighted by molar-refractivity contribution is 6.34. The minimum Gasteiger partial charge on any atom is -0.507 e. The van der Waals surface area contributed by atoms with Gasteiger partial charge < -0.3 is 29.2 Å². The van der Waals surface area contributed by atoms with Crippen LogP contribution in [0.2, 0.25) is 5.02 Å². The van der Waals surface area contributed by atoms with Gasteiger partial charge in [-0.1, -0.05) is 11.6 Å². The number of hydrogen-bond donors (Lipinski definition) is 2. The predicted molar refractivity (Wildman–Crippen MR) is 95.3 cm³/mol. The van der Waals surface area contributed by atoms with E-state index < -0.39 is 17.7 Å². The number of aromatic hydroxyl groups is 2. The maximum atomic E-state index is 12.0. The first-order chi connectivity index (χ1) is 12.7. The molecule has 0 fully saturated rings. The summed E-state index contributed by atoms with van der Waals surface area (Å²) >= 11 is 6.19. The molecule has 0 aromatic heterocycles. The summed E-state index contributed by atoms with van der Waals surface area (Å²) < 4.78 is 19.9. The van der Waals surface area contributed by atoms with Crippen LogP contribution in [0.25, 0.3) is 0 Å². The average molecular weight is 397 g/mol. The van der Waals surface area contributed by atoms with Crippen molar-refractivity contribution in [3.8, 4) is 28.7 Å². The first kappa shape index (κ1) is 20.2. The number of benzene rings is 2. The van der Waals surface area contributed by atoms with Crippen molar-refractivity contribution in [1.82, 2.24) is 0 Å². The molecule has 2 rings (SSSR count). The molecule has 2 aromatic carbocycles. The quantitative estimate of drug-likeness (QED) is 0.739. The Bertz CT molecular complexity index is 907. The van der Waals surface area contributed by atoms with Crippen molar-refractivity contribution in [3.63, 3.8) is 0 Å². The van der Waals surface area contributed by atoms with Crippen LogP contribution in [0, 0.1) is 6.92 Å². The molecule has 0 saturated heterocycles. The van der Waals surface area contributed by atoms with Gasteiger partial charge in [-0.2, -0.15) is 0 Å². The van der Waals surface area contributed by atoms with Gasteiger partial charge in [-0.25, -0.2) is 9.59 Å². The maximum Gasteiger partial charge on any atom is 0.345 e. The summed E-state index contributed by atoms with van der Waals surface area (Å²) in [5.41, 5.74) is 0.0214. The van der Waals surface area contributed by atoms with E-state index in [1.807, 2.05) is 0 Å². The highest BCUT2D eigenvalue weighted by atomic mass is 35.5. The number of phenolic OH excluding ortho intramolecular Hbond substituents is 2. The fourth-order valence-corrected chi connectivity index (χ4v) is 2.60. The molecular weight excluding hydrogens is 380 g/mol. The molecule has 0 radical (unpaired) electrons. The van der Waals surface area contributed by atoms with E-state index in [-0.39, 0.29) is 39.1 Å². The monoisotopic (exact) mass is 396 g/mol. The van der Waals surface area contributed by atoms with Crippen LogP contribution in [-0.4, -0.2) is 43.5 Å². The van der Waals surface area contributed by atoms with Crippen molar-refractivity contribution in [2.45, 2.75) is 6.92 Å². The second-order valence-corrected chi connectivity index (χ2v) is 5.74. The first-order valence-electron chi connectivity index (χ1n) is 7.52. The molecule has 0 aliphatic heterocycles. The van der Waals surface area contributed by atoms with Gasteiger partial charge in [0.1, 0.15) is 33.4 Å². The second kappa shape index (κ2) is 8.05. The summed E-state index contributed by atoms with van der Waals surface area (Å²) in [5.74, 6) is -3.19. The summed E-state index contributed by atoms with van der Waals surface area (Å²) in [6, 6.07) is 3.95. The zero-order valence-corrected chi connectivity index (χ0v) is 15.7. The van der Waals surface area contributed by atoms with Gasteiger partial charge in [-0.05, 0) is 24.6 Å². The lowest BCUT2D eigenvalue weighted by Gasteiger charge is -2.17. The van der Waals surface area contributed by atoms with Crippen LogP contribution in [-0.2, 0) is 9.47 Å². The average Bonchev–Trinajstić information content (AvgIpc) is 2.63. The van der Waals surface area contributed by atoms with E-state index in [0.717, 1.165) is 14.2 Å². The Morgan fingerprint density at radius 1 is 0.963 bits per heavy atom. The zero-order valence-electron chi connectivity index (χ0n) is 15.0. The molecular formula is C18H17ClO8. The van der Waals surface area contributed by atoms with Crippen LogP contribution in [0.3, 0.4) is 0 Å². The molecule has 0 saturated carbocycles. The topological polar surface area (TPSA) is 112 Å². The van der Waals surface area contributed by atoms with Gasteiger partial charge in [0.2, 0.25) is 0 Å². The largest absolute Gasteiger partial charge is 0.507 e. The van der Waals surface area contributed by atoms with Crippen molar-refractivity contribution in [1.29, 1.82) is 0 Å². The van der Waals surface area contributed by atoms with Gasteiger partial charge in [0.25, 0.3) is 0 Å². The summed E-state index contributed by atoms with van der Waals surface area (Å²) in [5, 5.41) is 20.4. The second-order valence-electron chi connectivity index (χ2n) is 5.36. The Morgan fingerprint density at radius 2 is 1.59 bits per heavy atom. The number of hydrogen-bond acceptors (Lipinski definition) is 8. The summed E-state index contributed by atoms with van der Waals surface area (Å²) in [6.07, 6.45) is 0. The number of aryl methyl sites for hydroxylation is 1. The maximum absolute atomic E-state index is 12.0. The number of phenols is 2. The molecule has 2 aromatic rings. The fourth-order valence-electron chi connectivity index (χ4n) is 2.34. The highest BCUT2D eigenvalue weighted by Crippen LogP contribution is 2.47. The third-order valence-corrected chi connectivity index (χ3v) is 3.97. The lowest BCUT2D eigenvalue weighted by Crippen LogP contribution is -2.07. The van der Waals surface area contributed by atoms with Crippen molar-refractivity contribution in [3.05, 3.63) is 39.9 Å². The number of ether oxygens (including phenoxy) is 4. The molecule has 0 heterocycles. The smallest absolute Gasteiger partial charge is 0.345 e. The van der Waals surface area contributed by atoms with E-state index >= 15 is 0 Å². The molecule has 0 spiro atoms. The van der Waals surface area contributed by atoms with E-state index in [1.54, 1.807) is 6.92 Å². The van der Waals surface area contributed by atoms with Gasteiger partial charge in [-0.3, -0.25) is 0 Å². The molecule has 0 atom stereocenters. The van der Waals surface area contributed by atoms with Crippen LogP contribution in [0.5, 0.6) is 28.7 Å². The van der Waals surface area contributed by atoms with E-state index in [4.69, 9.17) is 21.1 Å². The number of rotatable bonds is 5. The Hall–Kier alpha value is -3.13. The van der Waals surface area contributed by atoms with Crippen molar-refractivity contribution < 1.29 is 38.7 Å². The minimum absolute atomic E-state index is 0.0290. The van der Waals surface area contributed by atoms with Crippen LogP contribution < -0.4 is 9.47 Å². The molecule has 0 unspecified atom stereocenters. The van der Waals surface area contributed by atoms with Crippen molar-refractivity contribution in [2.24, 2.45) is 0 Å². The number of carbonyl (C=O) groups is 2. The summed E-state index contributed by atoms with van der Waals surface area (Å²) in [6.45, 7) is 1.65. The third-order valence-electron chi connectivity index (χ3n) is 3.61. The molecule has 0 aliphatic carbocycles. The molecule has 144 valence electrons. The van der Waals surface area contributed by atoms with Crippen LogP contribution in [0.1, 0.15) is 26.3 Å². The molecule has 0 amide bonds. The number of halogens is 1. The molecule has 2 N–H and O–H groups in total. The predicted octanol–water partition coefficient (Wildman–Crippen LogP) is 3.43. The molecule has 9 heteroatoms. The van der Waals surface area contributed by atoms with E-state index in [2.05, 4.69) is 9.47 Å². The lowest BCUT2D eigenvalue weighted by atomic mass is 10.1. The Kier molecular flexibility index (Phi) is 6.02. The Morgan fingerprint density at radius 3 is 2.15 bits per heavy atom. The SMILES string of the molecule is COC(=O)c1cc(OC)c(Cl)c(Oc2cc(C)cc(O)c2C(=O)OC)c1O. The highest BCUT2D eigenvalue weighted by Gasteiger charge is 2.26. The Balaban J connectivity index is 2.71. The normalized spacial score (nSPS) is 10.3. The van der Waals surface area contributed by atoms with E-state index in [0.29, 0.717) is 5.56 Å². The third kappa shape index (κ3) is 3.85. The van der Waals surface area contributed by atoms with Crippen LogP contribution in [0.4, 0.5) is 0 Å². The molecule has 27 heavy (non-hydrogen) atoms. The van der Waals surface area contributed by atoms with Gasteiger partial charge in [-0.15, -0.1) is 0 Å². The first-order valence-corrected chi connectivity index (χ1v) is 7.90. The minimum atomic E-state index is -0.866. The summed E-state index contributed by atoms with van der Waals surface area (Å²) in [7, 11) is 3.58. The molecule has 0 bridgehead atoms. The molecule has 0 aliphatic rings.